The number of hydrogen-bond acceptors (Lipinski definition) is 1. The van der Waals surface area contributed by atoms with Gasteiger partial charge in [0.15, 0.2) is 0 Å². The molecule has 0 aromatic rings. The molecule has 0 spiro atoms. The predicted octanol–water partition coefficient (Wildman–Crippen LogP) is 3.43. The lowest BCUT2D eigenvalue weighted by atomic mass is 9.64. The van der Waals surface area contributed by atoms with Crippen LogP contribution in [0.3, 0.4) is 0 Å². The van der Waals surface area contributed by atoms with Crippen LogP contribution in [0.4, 0.5) is 0 Å². The first kappa shape index (κ1) is 10.7. The third-order valence-electron chi connectivity index (χ3n) is 3.56. The van der Waals surface area contributed by atoms with Crippen LogP contribution >= 0.6 is 0 Å². The Bertz CT molecular complexity index is 191. The standard InChI is InChI=1S/C12H22O/c1-11(2)7-5-6-10(8-11)12(3,4)9-13/h9-10H,5-8H2,1-4H3. The zero-order valence-electron chi connectivity index (χ0n) is 9.39. The molecule has 1 unspecified atom stereocenters. The summed E-state index contributed by atoms with van der Waals surface area (Å²) in [7, 11) is 0. The molecule has 0 aliphatic heterocycles. The molecular weight excluding hydrogens is 160 g/mol. The van der Waals surface area contributed by atoms with Gasteiger partial charge in [0, 0.05) is 5.41 Å². The van der Waals surface area contributed by atoms with Crippen LogP contribution in [0.5, 0.6) is 0 Å². The monoisotopic (exact) mass is 182 g/mol. The molecule has 0 N–H and O–H groups in total. The molecule has 0 amide bonds. The Balaban J connectivity index is 2.67. The maximum Gasteiger partial charge on any atom is 0.125 e. The highest BCUT2D eigenvalue weighted by Gasteiger charge is 2.36. The summed E-state index contributed by atoms with van der Waals surface area (Å²) in [4.78, 5) is 10.9. The van der Waals surface area contributed by atoms with Gasteiger partial charge in [-0.25, -0.2) is 0 Å². The van der Waals surface area contributed by atoms with E-state index in [1.165, 1.54) is 25.7 Å². The fourth-order valence-corrected chi connectivity index (χ4v) is 2.43. The summed E-state index contributed by atoms with van der Waals surface area (Å²) < 4.78 is 0. The van der Waals surface area contributed by atoms with E-state index in [2.05, 4.69) is 27.7 Å². The maximum absolute atomic E-state index is 10.9. The van der Waals surface area contributed by atoms with E-state index in [1.807, 2.05) is 0 Å². The van der Waals surface area contributed by atoms with Crippen LogP contribution in [0, 0.1) is 16.7 Å². The average Bonchev–Trinajstić information content (AvgIpc) is 2.03. The van der Waals surface area contributed by atoms with Gasteiger partial charge < -0.3 is 4.79 Å². The molecule has 1 rings (SSSR count). The first-order chi connectivity index (χ1) is 5.87. The highest BCUT2D eigenvalue weighted by atomic mass is 16.1. The minimum Gasteiger partial charge on any atom is -0.303 e. The van der Waals surface area contributed by atoms with Crippen molar-refractivity contribution >= 4 is 6.29 Å². The Morgan fingerprint density at radius 3 is 2.46 bits per heavy atom. The molecule has 1 aliphatic rings. The zero-order valence-corrected chi connectivity index (χ0v) is 9.39. The fraction of sp³-hybridized carbons (Fsp3) is 0.917. The van der Waals surface area contributed by atoms with Gasteiger partial charge in [-0.3, -0.25) is 0 Å². The van der Waals surface area contributed by atoms with Crippen LogP contribution in [-0.4, -0.2) is 6.29 Å². The Kier molecular flexibility index (Phi) is 2.84. The molecule has 0 heterocycles. The van der Waals surface area contributed by atoms with Crippen molar-refractivity contribution < 1.29 is 4.79 Å². The second-order valence-corrected chi connectivity index (χ2v) is 5.90. The van der Waals surface area contributed by atoms with Gasteiger partial charge in [-0.1, -0.05) is 34.1 Å². The van der Waals surface area contributed by atoms with Crippen LogP contribution in [0.15, 0.2) is 0 Å². The van der Waals surface area contributed by atoms with Crippen LogP contribution in [0.1, 0.15) is 53.4 Å². The molecule has 1 nitrogen and oxygen atoms in total. The number of carbonyl (C=O) groups excluding carboxylic acids is 1. The summed E-state index contributed by atoms with van der Waals surface area (Å²) in [6, 6.07) is 0. The fourth-order valence-electron chi connectivity index (χ4n) is 2.43. The van der Waals surface area contributed by atoms with E-state index in [4.69, 9.17) is 0 Å². The summed E-state index contributed by atoms with van der Waals surface area (Å²) in [5.41, 5.74) is 0.334. The molecule has 76 valence electrons. The molecule has 0 bridgehead atoms. The van der Waals surface area contributed by atoms with E-state index < -0.39 is 0 Å². The van der Waals surface area contributed by atoms with Crippen molar-refractivity contribution in [3.63, 3.8) is 0 Å². The molecule has 1 aliphatic carbocycles. The molecule has 0 radical (unpaired) electrons. The maximum atomic E-state index is 10.9. The second-order valence-electron chi connectivity index (χ2n) is 5.90. The van der Waals surface area contributed by atoms with Crippen molar-refractivity contribution in [1.29, 1.82) is 0 Å². The van der Waals surface area contributed by atoms with Crippen molar-refractivity contribution in [1.82, 2.24) is 0 Å². The van der Waals surface area contributed by atoms with Gasteiger partial charge in [-0.2, -0.15) is 0 Å². The SMILES string of the molecule is CC1(C)CCCC(C(C)(C)C=O)C1. The first-order valence-electron chi connectivity index (χ1n) is 5.34. The molecule has 1 fully saturated rings. The van der Waals surface area contributed by atoms with Crippen molar-refractivity contribution in [3.8, 4) is 0 Å². The van der Waals surface area contributed by atoms with E-state index in [0.29, 0.717) is 11.3 Å². The molecule has 0 aromatic heterocycles. The van der Waals surface area contributed by atoms with E-state index in [-0.39, 0.29) is 5.41 Å². The van der Waals surface area contributed by atoms with Crippen LogP contribution < -0.4 is 0 Å². The van der Waals surface area contributed by atoms with E-state index >= 15 is 0 Å². The molecule has 1 atom stereocenters. The van der Waals surface area contributed by atoms with Crippen LogP contribution in [0.25, 0.3) is 0 Å². The number of hydrogen-bond donors (Lipinski definition) is 0. The predicted molar refractivity (Wildman–Crippen MR) is 55.6 cm³/mol. The summed E-state index contributed by atoms with van der Waals surface area (Å²) in [6.45, 7) is 8.79. The highest BCUT2D eigenvalue weighted by molar-refractivity contribution is 5.58. The van der Waals surface area contributed by atoms with Crippen molar-refractivity contribution in [2.75, 3.05) is 0 Å². The van der Waals surface area contributed by atoms with Gasteiger partial charge in [0.2, 0.25) is 0 Å². The molecule has 1 heteroatoms. The third kappa shape index (κ3) is 2.55. The van der Waals surface area contributed by atoms with Gasteiger partial charge in [0.25, 0.3) is 0 Å². The Hall–Kier alpha value is -0.330. The van der Waals surface area contributed by atoms with Crippen LogP contribution in [-0.2, 0) is 4.79 Å². The molecule has 0 aromatic carbocycles. The quantitative estimate of drug-likeness (QED) is 0.598. The summed E-state index contributed by atoms with van der Waals surface area (Å²) in [6.07, 6.45) is 6.18. The number of carbonyl (C=O) groups is 1. The lowest BCUT2D eigenvalue weighted by Gasteiger charge is -2.40. The van der Waals surface area contributed by atoms with Gasteiger partial charge in [-0.05, 0) is 30.6 Å². The zero-order chi connectivity index (χ0) is 10.1. The summed E-state index contributed by atoms with van der Waals surface area (Å²) >= 11 is 0. The minimum absolute atomic E-state index is 0.113. The first-order valence-corrected chi connectivity index (χ1v) is 5.34. The van der Waals surface area contributed by atoms with E-state index in [9.17, 15) is 4.79 Å². The van der Waals surface area contributed by atoms with Crippen molar-refractivity contribution in [2.45, 2.75) is 53.4 Å². The van der Waals surface area contributed by atoms with Crippen LogP contribution in [0.2, 0.25) is 0 Å². The largest absolute Gasteiger partial charge is 0.303 e. The van der Waals surface area contributed by atoms with Crippen molar-refractivity contribution in [2.24, 2.45) is 16.7 Å². The van der Waals surface area contributed by atoms with Crippen molar-refractivity contribution in [3.05, 3.63) is 0 Å². The Morgan fingerprint density at radius 1 is 1.38 bits per heavy atom. The highest BCUT2D eigenvalue weighted by Crippen LogP contribution is 2.45. The topological polar surface area (TPSA) is 17.1 Å². The Labute approximate surface area is 81.9 Å². The molecule has 1 saturated carbocycles. The van der Waals surface area contributed by atoms with E-state index in [1.54, 1.807) is 0 Å². The lowest BCUT2D eigenvalue weighted by molar-refractivity contribution is -0.118. The lowest BCUT2D eigenvalue weighted by Crippen LogP contribution is -2.33. The Morgan fingerprint density at radius 2 is 2.00 bits per heavy atom. The smallest absolute Gasteiger partial charge is 0.125 e. The molecule has 13 heavy (non-hydrogen) atoms. The summed E-state index contributed by atoms with van der Waals surface area (Å²) in [5, 5.41) is 0. The normalized spacial score (nSPS) is 28.5. The van der Waals surface area contributed by atoms with Gasteiger partial charge >= 0.3 is 0 Å². The summed E-state index contributed by atoms with van der Waals surface area (Å²) in [5.74, 6) is 0.591. The van der Waals surface area contributed by atoms with Gasteiger partial charge in [0.1, 0.15) is 6.29 Å². The average molecular weight is 182 g/mol. The number of rotatable bonds is 2. The third-order valence-corrected chi connectivity index (χ3v) is 3.56. The second kappa shape index (κ2) is 3.43. The molecular formula is C12H22O. The van der Waals surface area contributed by atoms with E-state index in [0.717, 1.165) is 6.29 Å². The number of aldehydes is 1. The molecule has 0 saturated heterocycles. The minimum atomic E-state index is -0.113. The van der Waals surface area contributed by atoms with Gasteiger partial charge in [-0.15, -0.1) is 0 Å². The van der Waals surface area contributed by atoms with Gasteiger partial charge in [0.05, 0.1) is 0 Å².